The molecule has 1 aromatic rings. The van der Waals surface area contributed by atoms with Gasteiger partial charge in [0.15, 0.2) is 0 Å². The lowest BCUT2D eigenvalue weighted by Crippen LogP contribution is -2.49. The van der Waals surface area contributed by atoms with Crippen LogP contribution in [0.1, 0.15) is 25.8 Å². The molecule has 156 valence electrons. The Bertz CT molecular complexity index is 702. The van der Waals surface area contributed by atoms with Crippen LogP contribution in [-0.2, 0) is 11.0 Å². The number of hydrogen-bond acceptors (Lipinski definition) is 5. The second-order valence-corrected chi connectivity index (χ2v) is 7.24. The van der Waals surface area contributed by atoms with E-state index in [1.165, 1.54) is 0 Å². The van der Waals surface area contributed by atoms with Crippen LogP contribution in [0.2, 0.25) is 0 Å². The molecular weight excluding hydrogens is 377 g/mol. The van der Waals surface area contributed by atoms with Crippen LogP contribution in [0.4, 0.5) is 24.5 Å². The Hall–Kier alpha value is -2.36. The molecule has 1 aliphatic heterocycles. The van der Waals surface area contributed by atoms with Gasteiger partial charge in [-0.15, -0.1) is 0 Å². The monoisotopic (exact) mass is 402 g/mol. The lowest BCUT2D eigenvalue weighted by Gasteiger charge is -2.35. The van der Waals surface area contributed by atoms with E-state index in [1.54, 1.807) is 4.90 Å². The molecule has 10 heteroatoms. The smallest absolute Gasteiger partial charge is 0.379 e. The summed E-state index contributed by atoms with van der Waals surface area (Å²) in [7, 11) is 0. The molecule has 1 heterocycles. The van der Waals surface area contributed by atoms with Crippen LogP contribution in [0.5, 0.6) is 0 Å². The lowest BCUT2D eigenvalue weighted by atomic mass is 10.1. The molecule has 0 radical (unpaired) electrons. The number of nitro benzene ring substituents is 1. The van der Waals surface area contributed by atoms with Gasteiger partial charge in [0.2, 0.25) is 5.91 Å². The van der Waals surface area contributed by atoms with Gasteiger partial charge in [0.1, 0.15) is 5.69 Å². The van der Waals surface area contributed by atoms with Crippen molar-refractivity contribution >= 4 is 17.3 Å². The quantitative estimate of drug-likeness (QED) is 0.560. The zero-order chi connectivity index (χ0) is 20.9. The summed E-state index contributed by atoms with van der Waals surface area (Å²) in [5.74, 6) is 0.484. The van der Waals surface area contributed by atoms with Crippen molar-refractivity contribution in [3.63, 3.8) is 0 Å². The maximum atomic E-state index is 12.7. The van der Waals surface area contributed by atoms with Crippen molar-refractivity contribution in [3.8, 4) is 0 Å². The largest absolute Gasteiger partial charge is 0.416 e. The molecule has 1 N–H and O–H groups in total. The SMILES string of the molecule is CC(C)CN1CCN(C(=O)CCNc2ccc(C(F)(F)F)cc2[N+](=O)[O-])CC1. The number of hydrogen-bond donors (Lipinski definition) is 1. The van der Waals surface area contributed by atoms with E-state index in [0.717, 1.165) is 31.8 Å². The van der Waals surface area contributed by atoms with Gasteiger partial charge in [0.25, 0.3) is 5.69 Å². The number of benzene rings is 1. The first-order chi connectivity index (χ1) is 13.1. The van der Waals surface area contributed by atoms with Crippen molar-refractivity contribution in [3.05, 3.63) is 33.9 Å². The van der Waals surface area contributed by atoms with E-state index in [2.05, 4.69) is 24.1 Å². The highest BCUT2D eigenvalue weighted by atomic mass is 19.4. The normalized spacial score (nSPS) is 15.7. The van der Waals surface area contributed by atoms with Crippen molar-refractivity contribution in [1.29, 1.82) is 0 Å². The van der Waals surface area contributed by atoms with Crippen molar-refractivity contribution < 1.29 is 22.9 Å². The minimum atomic E-state index is -4.66. The fourth-order valence-corrected chi connectivity index (χ4v) is 3.17. The summed E-state index contributed by atoms with van der Waals surface area (Å²) in [4.78, 5) is 26.6. The van der Waals surface area contributed by atoms with Crippen LogP contribution in [0.25, 0.3) is 0 Å². The van der Waals surface area contributed by atoms with Crippen LogP contribution < -0.4 is 5.32 Å². The van der Waals surface area contributed by atoms with Gasteiger partial charge < -0.3 is 10.2 Å². The number of carbonyl (C=O) groups excluding carboxylic acids is 1. The molecule has 1 aliphatic rings. The summed E-state index contributed by atoms with van der Waals surface area (Å²) in [6.45, 7) is 8.26. The standard InChI is InChI=1S/C18H25F3N4O3/c1-13(2)12-23-7-9-24(10-8-23)17(26)5-6-22-15-4-3-14(18(19,20)21)11-16(15)25(27)28/h3-4,11,13,22H,5-10,12H2,1-2H3. The minimum Gasteiger partial charge on any atom is -0.379 e. The van der Waals surface area contributed by atoms with Crippen LogP contribution in [0, 0.1) is 16.0 Å². The van der Waals surface area contributed by atoms with E-state index >= 15 is 0 Å². The van der Waals surface area contributed by atoms with E-state index in [1.807, 2.05) is 0 Å². The number of rotatable bonds is 7. The first kappa shape index (κ1) is 21.9. The van der Waals surface area contributed by atoms with E-state index in [0.29, 0.717) is 25.1 Å². The molecule has 0 unspecified atom stereocenters. The van der Waals surface area contributed by atoms with Crippen molar-refractivity contribution in [2.24, 2.45) is 5.92 Å². The number of alkyl halides is 3. The van der Waals surface area contributed by atoms with Crippen molar-refractivity contribution in [2.75, 3.05) is 44.6 Å². The molecule has 2 rings (SSSR count). The molecule has 0 spiro atoms. The molecule has 0 saturated carbocycles. The van der Waals surface area contributed by atoms with Crippen LogP contribution in [0.3, 0.4) is 0 Å². The second kappa shape index (κ2) is 9.22. The van der Waals surface area contributed by atoms with Gasteiger partial charge in [0, 0.05) is 51.8 Å². The molecule has 1 amide bonds. The lowest BCUT2D eigenvalue weighted by molar-refractivity contribution is -0.384. The first-order valence-corrected chi connectivity index (χ1v) is 9.17. The van der Waals surface area contributed by atoms with Crippen molar-refractivity contribution in [2.45, 2.75) is 26.4 Å². The Morgan fingerprint density at radius 2 is 1.89 bits per heavy atom. The number of piperazine rings is 1. The van der Waals surface area contributed by atoms with Gasteiger partial charge in [-0.2, -0.15) is 13.2 Å². The Labute approximate surface area is 161 Å². The molecular formula is C18H25F3N4O3. The number of carbonyl (C=O) groups is 1. The molecule has 28 heavy (non-hydrogen) atoms. The first-order valence-electron chi connectivity index (χ1n) is 9.17. The molecule has 1 fully saturated rings. The van der Waals surface area contributed by atoms with E-state index in [4.69, 9.17) is 0 Å². The summed E-state index contributed by atoms with van der Waals surface area (Å²) in [5.41, 5.74) is -1.78. The fourth-order valence-electron chi connectivity index (χ4n) is 3.17. The second-order valence-electron chi connectivity index (χ2n) is 7.24. The van der Waals surface area contributed by atoms with Gasteiger partial charge in [0.05, 0.1) is 10.5 Å². The molecule has 0 bridgehead atoms. The Balaban J connectivity index is 1.88. The fraction of sp³-hybridized carbons (Fsp3) is 0.611. The minimum absolute atomic E-state index is 0.0347. The Morgan fingerprint density at radius 3 is 2.43 bits per heavy atom. The van der Waals surface area contributed by atoms with Crippen molar-refractivity contribution in [1.82, 2.24) is 9.80 Å². The zero-order valence-corrected chi connectivity index (χ0v) is 16.0. The van der Waals surface area contributed by atoms with Crippen LogP contribution in [0.15, 0.2) is 18.2 Å². The molecule has 1 saturated heterocycles. The number of nitrogens with zero attached hydrogens (tertiary/aromatic N) is 3. The van der Waals surface area contributed by atoms with Gasteiger partial charge >= 0.3 is 6.18 Å². The number of amides is 1. The van der Waals surface area contributed by atoms with E-state index in [-0.39, 0.29) is 24.6 Å². The van der Waals surface area contributed by atoms with Crippen LogP contribution >= 0.6 is 0 Å². The number of anilines is 1. The predicted molar refractivity (Wildman–Crippen MR) is 99.1 cm³/mol. The highest BCUT2D eigenvalue weighted by Gasteiger charge is 2.33. The van der Waals surface area contributed by atoms with Gasteiger partial charge in [-0.1, -0.05) is 13.8 Å². The zero-order valence-electron chi connectivity index (χ0n) is 16.0. The molecule has 0 aromatic heterocycles. The molecule has 0 atom stereocenters. The van der Waals surface area contributed by atoms with Gasteiger partial charge in [-0.05, 0) is 18.1 Å². The summed E-state index contributed by atoms with van der Waals surface area (Å²) in [6, 6.07) is 2.30. The highest BCUT2D eigenvalue weighted by molar-refractivity contribution is 5.77. The molecule has 1 aromatic carbocycles. The topological polar surface area (TPSA) is 78.7 Å². The Kier molecular flexibility index (Phi) is 7.22. The van der Waals surface area contributed by atoms with E-state index < -0.39 is 22.4 Å². The van der Waals surface area contributed by atoms with Gasteiger partial charge in [-0.3, -0.25) is 19.8 Å². The number of nitrogens with one attached hydrogen (secondary N) is 1. The average molecular weight is 402 g/mol. The third kappa shape index (κ3) is 6.08. The molecule has 7 nitrogen and oxygen atoms in total. The average Bonchev–Trinajstić information content (AvgIpc) is 2.60. The maximum absolute atomic E-state index is 12.7. The summed E-state index contributed by atoms with van der Waals surface area (Å²) < 4.78 is 38.2. The summed E-state index contributed by atoms with van der Waals surface area (Å²) >= 11 is 0. The highest BCUT2D eigenvalue weighted by Crippen LogP contribution is 2.34. The molecule has 0 aliphatic carbocycles. The Morgan fingerprint density at radius 1 is 1.25 bits per heavy atom. The van der Waals surface area contributed by atoms with E-state index in [9.17, 15) is 28.1 Å². The third-order valence-electron chi connectivity index (χ3n) is 4.52. The predicted octanol–water partition coefficient (Wildman–Crippen LogP) is 3.22. The number of halogens is 3. The summed E-state index contributed by atoms with van der Waals surface area (Å²) in [6.07, 6.45) is -4.54. The van der Waals surface area contributed by atoms with Crippen LogP contribution in [-0.4, -0.2) is 59.9 Å². The maximum Gasteiger partial charge on any atom is 0.416 e. The number of nitro groups is 1. The van der Waals surface area contributed by atoms with Gasteiger partial charge in [-0.25, -0.2) is 0 Å². The summed E-state index contributed by atoms with van der Waals surface area (Å²) in [5, 5.41) is 13.8. The third-order valence-corrected chi connectivity index (χ3v) is 4.52.